The molecule has 2 aromatic rings. The highest BCUT2D eigenvalue weighted by Gasteiger charge is 2.16. The Hall–Kier alpha value is -1.42. The average molecular weight is 359 g/mol. The van der Waals surface area contributed by atoms with E-state index in [1.165, 1.54) is 0 Å². The van der Waals surface area contributed by atoms with E-state index in [1.807, 2.05) is 0 Å². The van der Waals surface area contributed by atoms with E-state index in [1.54, 1.807) is 49.4 Å². The Labute approximate surface area is 144 Å². The molecule has 0 aromatic heterocycles. The third kappa shape index (κ3) is 4.54. The number of carbonyl (C=O) groups is 1. The number of ether oxygens (including phenoxy) is 1. The summed E-state index contributed by atoms with van der Waals surface area (Å²) >= 11 is 17.9. The monoisotopic (exact) mass is 357 g/mol. The molecule has 2 aromatic carbocycles. The zero-order valence-electron chi connectivity index (χ0n) is 11.8. The number of hydrogen-bond donors (Lipinski definition) is 1. The van der Waals surface area contributed by atoms with Crippen LogP contribution in [0.15, 0.2) is 42.5 Å². The van der Waals surface area contributed by atoms with Crippen molar-refractivity contribution in [3.63, 3.8) is 0 Å². The van der Waals surface area contributed by atoms with Gasteiger partial charge in [-0.1, -0.05) is 53.0 Å². The summed E-state index contributed by atoms with van der Waals surface area (Å²) in [5, 5.41) is 4.28. The SMILES string of the molecule is C[C@H](Oc1ccccc1Cl)C(=O)NCc1ccc(Cl)cc1Cl. The highest BCUT2D eigenvalue weighted by molar-refractivity contribution is 6.35. The average Bonchev–Trinajstić information content (AvgIpc) is 2.48. The first-order valence-electron chi connectivity index (χ1n) is 6.60. The van der Waals surface area contributed by atoms with Gasteiger partial charge in [0.05, 0.1) is 5.02 Å². The van der Waals surface area contributed by atoms with Crippen molar-refractivity contribution in [2.45, 2.75) is 19.6 Å². The summed E-state index contributed by atoms with van der Waals surface area (Å²) in [6.45, 7) is 1.95. The zero-order valence-corrected chi connectivity index (χ0v) is 14.0. The molecular formula is C16H14Cl3NO2. The van der Waals surface area contributed by atoms with Crippen molar-refractivity contribution in [2.75, 3.05) is 0 Å². The molecule has 1 atom stereocenters. The lowest BCUT2D eigenvalue weighted by Crippen LogP contribution is -2.36. The quantitative estimate of drug-likeness (QED) is 0.839. The number of rotatable bonds is 5. The Kier molecular flexibility index (Phi) is 5.95. The van der Waals surface area contributed by atoms with Gasteiger partial charge < -0.3 is 10.1 Å². The van der Waals surface area contributed by atoms with Crippen molar-refractivity contribution in [2.24, 2.45) is 0 Å². The topological polar surface area (TPSA) is 38.3 Å². The van der Waals surface area contributed by atoms with Crippen LogP contribution in [0.2, 0.25) is 15.1 Å². The highest BCUT2D eigenvalue weighted by atomic mass is 35.5. The van der Waals surface area contributed by atoms with Gasteiger partial charge >= 0.3 is 0 Å². The van der Waals surface area contributed by atoms with Gasteiger partial charge in [-0.3, -0.25) is 4.79 Å². The van der Waals surface area contributed by atoms with Crippen molar-refractivity contribution in [3.8, 4) is 5.75 Å². The highest BCUT2D eigenvalue weighted by Crippen LogP contribution is 2.24. The van der Waals surface area contributed by atoms with Crippen molar-refractivity contribution in [3.05, 3.63) is 63.1 Å². The third-order valence-corrected chi connectivity index (χ3v) is 3.88. The normalized spacial score (nSPS) is 11.8. The van der Waals surface area contributed by atoms with E-state index >= 15 is 0 Å². The fraction of sp³-hybridized carbons (Fsp3) is 0.188. The number of amides is 1. The molecule has 0 bridgehead atoms. The van der Waals surface area contributed by atoms with Gasteiger partial charge in [-0.25, -0.2) is 0 Å². The molecule has 0 saturated heterocycles. The van der Waals surface area contributed by atoms with Crippen LogP contribution < -0.4 is 10.1 Å². The summed E-state index contributed by atoms with van der Waals surface area (Å²) in [6, 6.07) is 12.1. The largest absolute Gasteiger partial charge is 0.479 e. The molecule has 0 spiro atoms. The molecule has 0 aliphatic heterocycles. The molecule has 2 rings (SSSR count). The number of para-hydroxylation sites is 1. The van der Waals surface area contributed by atoms with Crippen LogP contribution in [0.4, 0.5) is 0 Å². The van der Waals surface area contributed by atoms with Crippen LogP contribution in [0.1, 0.15) is 12.5 Å². The Morgan fingerprint density at radius 2 is 1.86 bits per heavy atom. The number of nitrogens with one attached hydrogen (secondary N) is 1. The first-order chi connectivity index (χ1) is 10.5. The molecule has 3 nitrogen and oxygen atoms in total. The van der Waals surface area contributed by atoms with E-state index in [2.05, 4.69) is 5.32 Å². The summed E-state index contributed by atoms with van der Waals surface area (Å²) in [6.07, 6.45) is -0.675. The second-order valence-electron chi connectivity index (χ2n) is 4.64. The van der Waals surface area contributed by atoms with Gasteiger partial charge in [0.1, 0.15) is 5.75 Å². The van der Waals surface area contributed by atoms with Crippen LogP contribution in [-0.2, 0) is 11.3 Å². The van der Waals surface area contributed by atoms with Crippen LogP contribution in [0, 0.1) is 0 Å². The molecule has 0 heterocycles. The van der Waals surface area contributed by atoms with Gasteiger partial charge in [0, 0.05) is 16.6 Å². The van der Waals surface area contributed by atoms with Gasteiger partial charge in [0.25, 0.3) is 5.91 Å². The van der Waals surface area contributed by atoms with Gasteiger partial charge in [-0.15, -0.1) is 0 Å². The molecule has 0 aliphatic carbocycles. The molecule has 22 heavy (non-hydrogen) atoms. The molecule has 0 saturated carbocycles. The maximum atomic E-state index is 12.1. The van der Waals surface area contributed by atoms with Crippen LogP contribution in [0.5, 0.6) is 5.75 Å². The molecule has 0 fully saturated rings. The molecule has 6 heteroatoms. The van der Waals surface area contributed by atoms with Crippen LogP contribution in [-0.4, -0.2) is 12.0 Å². The number of benzene rings is 2. The number of hydrogen-bond acceptors (Lipinski definition) is 2. The van der Waals surface area contributed by atoms with Gasteiger partial charge in [-0.2, -0.15) is 0 Å². The second-order valence-corrected chi connectivity index (χ2v) is 5.89. The second kappa shape index (κ2) is 7.73. The van der Waals surface area contributed by atoms with E-state index in [0.29, 0.717) is 27.4 Å². The fourth-order valence-electron chi connectivity index (χ4n) is 1.78. The van der Waals surface area contributed by atoms with E-state index in [0.717, 1.165) is 5.56 Å². The van der Waals surface area contributed by atoms with E-state index < -0.39 is 6.10 Å². The first kappa shape index (κ1) is 16.9. The van der Waals surface area contributed by atoms with E-state index in [4.69, 9.17) is 39.5 Å². The zero-order chi connectivity index (χ0) is 16.1. The molecule has 1 N–H and O–H groups in total. The molecule has 0 unspecified atom stereocenters. The van der Waals surface area contributed by atoms with Crippen LogP contribution in [0.25, 0.3) is 0 Å². The standard InChI is InChI=1S/C16H14Cl3NO2/c1-10(22-15-5-3-2-4-13(15)18)16(21)20-9-11-6-7-12(17)8-14(11)19/h2-8,10H,9H2,1H3,(H,20,21)/t10-/m0/s1. The summed E-state index contributed by atoms with van der Waals surface area (Å²) in [4.78, 5) is 12.1. The minimum Gasteiger partial charge on any atom is -0.479 e. The summed E-state index contributed by atoms with van der Waals surface area (Å²) in [7, 11) is 0. The summed E-state index contributed by atoms with van der Waals surface area (Å²) < 4.78 is 5.55. The van der Waals surface area contributed by atoms with Gasteiger partial charge in [0.2, 0.25) is 0 Å². The van der Waals surface area contributed by atoms with Gasteiger partial charge in [-0.05, 0) is 36.8 Å². The lowest BCUT2D eigenvalue weighted by molar-refractivity contribution is -0.127. The Balaban J connectivity index is 1.93. The molecule has 0 radical (unpaired) electrons. The maximum Gasteiger partial charge on any atom is 0.261 e. The van der Waals surface area contributed by atoms with Gasteiger partial charge in [0.15, 0.2) is 6.10 Å². The lowest BCUT2D eigenvalue weighted by Gasteiger charge is -2.16. The molecular weight excluding hydrogens is 345 g/mol. The minimum atomic E-state index is -0.675. The predicted octanol–water partition coefficient (Wildman–Crippen LogP) is 4.73. The summed E-state index contributed by atoms with van der Waals surface area (Å²) in [5.74, 6) is 0.210. The van der Waals surface area contributed by atoms with Crippen molar-refractivity contribution in [1.29, 1.82) is 0 Å². The van der Waals surface area contributed by atoms with E-state index in [-0.39, 0.29) is 5.91 Å². The van der Waals surface area contributed by atoms with Crippen molar-refractivity contribution < 1.29 is 9.53 Å². The fourth-order valence-corrected chi connectivity index (χ4v) is 2.43. The molecule has 116 valence electrons. The number of halogens is 3. The predicted molar refractivity (Wildman–Crippen MR) is 89.9 cm³/mol. The van der Waals surface area contributed by atoms with Crippen molar-refractivity contribution >= 4 is 40.7 Å². The summed E-state index contributed by atoms with van der Waals surface area (Å²) in [5.41, 5.74) is 0.782. The van der Waals surface area contributed by atoms with E-state index in [9.17, 15) is 4.79 Å². The smallest absolute Gasteiger partial charge is 0.261 e. The number of carbonyl (C=O) groups excluding carboxylic acids is 1. The third-order valence-electron chi connectivity index (χ3n) is 2.98. The van der Waals surface area contributed by atoms with Crippen molar-refractivity contribution in [1.82, 2.24) is 5.32 Å². The Morgan fingerprint density at radius 1 is 1.14 bits per heavy atom. The Morgan fingerprint density at radius 3 is 2.55 bits per heavy atom. The van der Waals surface area contributed by atoms with Crippen LogP contribution >= 0.6 is 34.8 Å². The lowest BCUT2D eigenvalue weighted by atomic mass is 10.2. The minimum absolute atomic E-state index is 0.258. The first-order valence-corrected chi connectivity index (χ1v) is 7.73. The maximum absolute atomic E-state index is 12.1. The van der Waals surface area contributed by atoms with Crippen LogP contribution in [0.3, 0.4) is 0 Å². The Bertz CT molecular complexity index is 676. The molecule has 0 aliphatic rings. The molecule has 1 amide bonds.